The molecule has 2 aromatic heterocycles. The van der Waals surface area contributed by atoms with Crippen molar-refractivity contribution in [2.24, 2.45) is 0 Å². The van der Waals surface area contributed by atoms with Crippen LogP contribution in [0.2, 0.25) is 0 Å². The van der Waals surface area contributed by atoms with E-state index in [-0.39, 0.29) is 0 Å². The van der Waals surface area contributed by atoms with Gasteiger partial charge in [0.15, 0.2) is 0 Å². The Morgan fingerprint density at radius 1 is 0.529 bits per heavy atom. The molecule has 6 aromatic rings. The Bertz CT molecular complexity index is 1620. The van der Waals surface area contributed by atoms with Crippen LogP contribution in [0.3, 0.4) is 0 Å². The van der Waals surface area contributed by atoms with Crippen molar-refractivity contribution < 1.29 is 0 Å². The average molecular weight is 572 g/mol. The molecule has 0 aliphatic rings. The summed E-state index contributed by atoms with van der Waals surface area (Å²) in [5, 5.41) is 5.18. The van der Waals surface area contributed by atoms with Crippen LogP contribution in [0.25, 0.3) is 55.8 Å². The molecule has 0 aliphatic carbocycles. The molecule has 0 saturated carbocycles. The lowest BCUT2D eigenvalue weighted by atomic mass is 10.1. The van der Waals surface area contributed by atoms with Crippen molar-refractivity contribution in [3.8, 4) is 0 Å². The van der Waals surface area contributed by atoms with Crippen molar-refractivity contribution in [2.45, 2.75) is 26.9 Å². The van der Waals surface area contributed by atoms with Crippen molar-refractivity contribution in [3.63, 3.8) is 0 Å². The lowest BCUT2D eigenvalue weighted by Gasteiger charge is -2.03. The number of aromatic nitrogens is 2. The lowest BCUT2D eigenvalue weighted by Crippen LogP contribution is -1.92. The van der Waals surface area contributed by atoms with E-state index in [1.54, 1.807) is 0 Å². The van der Waals surface area contributed by atoms with Gasteiger partial charge in [-0.25, -0.2) is 0 Å². The molecule has 0 N–H and O–H groups in total. The first kappa shape index (κ1) is 21.7. The summed E-state index contributed by atoms with van der Waals surface area (Å²) in [5.74, 6) is 0. The van der Waals surface area contributed by atoms with Crippen LogP contribution in [-0.4, -0.2) is 9.13 Å². The number of benzene rings is 4. The minimum atomic E-state index is 0.957. The highest BCUT2D eigenvalue weighted by Crippen LogP contribution is 2.34. The van der Waals surface area contributed by atoms with Crippen LogP contribution in [-0.2, 0) is 13.1 Å². The summed E-state index contributed by atoms with van der Waals surface area (Å²) < 4.78 is 7.00. The highest BCUT2D eigenvalue weighted by Gasteiger charge is 2.11. The molecular formula is C30H24Br2N2. The molecule has 34 heavy (non-hydrogen) atoms. The molecule has 2 nitrogen and oxygen atoms in total. The van der Waals surface area contributed by atoms with E-state index >= 15 is 0 Å². The van der Waals surface area contributed by atoms with Gasteiger partial charge in [-0.2, -0.15) is 0 Å². The Labute approximate surface area is 215 Å². The summed E-state index contributed by atoms with van der Waals surface area (Å²) in [5.41, 5.74) is 7.55. The predicted octanol–water partition coefficient (Wildman–Crippen LogP) is 9.64. The fourth-order valence-corrected chi connectivity index (χ4v) is 5.99. The molecule has 0 spiro atoms. The Kier molecular flexibility index (Phi) is 5.39. The van der Waals surface area contributed by atoms with E-state index in [2.05, 4.69) is 140 Å². The third kappa shape index (κ3) is 3.43. The van der Waals surface area contributed by atoms with Gasteiger partial charge >= 0.3 is 0 Å². The zero-order valence-corrected chi connectivity index (χ0v) is 22.3. The third-order valence-electron chi connectivity index (χ3n) is 6.80. The van der Waals surface area contributed by atoms with Crippen molar-refractivity contribution in [2.75, 3.05) is 0 Å². The van der Waals surface area contributed by atoms with Gasteiger partial charge in [0.1, 0.15) is 0 Å². The van der Waals surface area contributed by atoms with Crippen molar-refractivity contribution in [3.05, 3.63) is 92.9 Å². The minimum absolute atomic E-state index is 0.957. The fourth-order valence-electron chi connectivity index (χ4n) is 5.27. The highest BCUT2D eigenvalue weighted by atomic mass is 79.9. The lowest BCUT2D eigenvalue weighted by molar-refractivity contribution is 0.827. The van der Waals surface area contributed by atoms with Crippen molar-refractivity contribution in [1.29, 1.82) is 0 Å². The summed E-state index contributed by atoms with van der Waals surface area (Å²) >= 11 is 7.30. The Hall–Kier alpha value is -2.82. The standard InChI is InChI=1S/C30H24Br2N2/c1-3-33-27-11-7-19(15-23(27)25-17-21(31)9-13-29(25)33)5-6-20-8-12-28-24(16-20)26-18-22(32)10-14-30(26)34(28)4-2/h5-18H,3-4H2,1-2H3/b6-5+. The molecule has 0 aliphatic heterocycles. The molecule has 0 unspecified atom stereocenters. The van der Waals surface area contributed by atoms with E-state index in [0.717, 1.165) is 22.0 Å². The van der Waals surface area contributed by atoms with Gasteiger partial charge in [-0.15, -0.1) is 0 Å². The highest BCUT2D eigenvalue weighted by molar-refractivity contribution is 9.10. The number of halogens is 2. The monoisotopic (exact) mass is 570 g/mol. The molecule has 0 atom stereocenters. The zero-order chi connectivity index (χ0) is 23.4. The SMILES string of the molecule is CCn1c2ccc(Br)cc2c2cc(/C=C/c3ccc4c(c3)c3cc(Br)ccc3n4CC)ccc21. The summed E-state index contributed by atoms with van der Waals surface area (Å²) in [6.45, 7) is 6.33. The minimum Gasteiger partial charge on any atom is -0.341 e. The second-order valence-corrected chi connectivity index (χ2v) is 10.5. The maximum Gasteiger partial charge on any atom is 0.0492 e. The van der Waals surface area contributed by atoms with E-state index in [4.69, 9.17) is 0 Å². The topological polar surface area (TPSA) is 9.86 Å². The van der Waals surface area contributed by atoms with Gasteiger partial charge in [0, 0.05) is 65.6 Å². The number of hydrogen-bond acceptors (Lipinski definition) is 0. The van der Waals surface area contributed by atoms with E-state index in [9.17, 15) is 0 Å². The van der Waals surface area contributed by atoms with Gasteiger partial charge in [-0.1, -0.05) is 56.1 Å². The smallest absolute Gasteiger partial charge is 0.0492 e. The molecule has 0 bridgehead atoms. The van der Waals surface area contributed by atoms with Gasteiger partial charge in [-0.05, 0) is 85.6 Å². The van der Waals surface area contributed by atoms with Gasteiger partial charge < -0.3 is 9.13 Å². The third-order valence-corrected chi connectivity index (χ3v) is 7.79. The first-order valence-corrected chi connectivity index (χ1v) is 13.3. The quantitative estimate of drug-likeness (QED) is 0.186. The van der Waals surface area contributed by atoms with Gasteiger partial charge in [0.25, 0.3) is 0 Å². The van der Waals surface area contributed by atoms with Crippen LogP contribution in [0.5, 0.6) is 0 Å². The molecule has 4 heteroatoms. The first-order valence-electron chi connectivity index (χ1n) is 11.7. The molecule has 168 valence electrons. The van der Waals surface area contributed by atoms with E-state index in [1.807, 2.05) is 0 Å². The summed E-state index contributed by atoms with van der Waals surface area (Å²) in [6.07, 6.45) is 4.45. The van der Waals surface area contributed by atoms with Crippen LogP contribution in [0.15, 0.2) is 81.7 Å². The predicted molar refractivity (Wildman–Crippen MR) is 155 cm³/mol. The van der Waals surface area contributed by atoms with Crippen LogP contribution < -0.4 is 0 Å². The van der Waals surface area contributed by atoms with Gasteiger partial charge in [-0.3, -0.25) is 0 Å². The van der Waals surface area contributed by atoms with Crippen molar-refractivity contribution in [1.82, 2.24) is 9.13 Å². The molecule has 0 amide bonds. The maximum absolute atomic E-state index is 3.65. The normalized spacial score (nSPS) is 12.2. The Balaban J connectivity index is 1.45. The zero-order valence-electron chi connectivity index (χ0n) is 19.1. The van der Waals surface area contributed by atoms with E-state index in [0.29, 0.717) is 0 Å². The fraction of sp³-hybridized carbons (Fsp3) is 0.133. The van der Waals surface area contributed by atoms with E-state index in [1.165, 1.54) is 54.7 Å². The Morgan fingerprint density at radius 2 is 0.882 bits per heavy atom. The van der Waals surface area contributed by atoms with Crippen LogP contribution >= 0.6 is 31.9 Å². The second-order valence-electron chi connectivity index (χ2n) is 8.70. The van der Waals surface area contributed by atoms with E-state index < -0.39 is 0 Å². The molecule has 4 aromatic carbocycles. The Morgan fingerprint density at radius 3 is 1.26 bits per heavy atom. The number of rotatable bonds is 4. The summed E-state index contributed by atoms with van der Waals surface area (Å²) in [6, 6.07) is 26.7. The summed E-state index contributed by atoms with van der Waals surface area (Å²) in [7, 11) is 0. The first-order chi connectivity index (χ1) is 16.6. The number of aryl methyl sites for hydroxylation is 2. The molecule has 2 heterocycles. The maximum atomic E-state index is 3.65. The van der Waals surface area contributed by atoms with Crippen molar-refractivity contribution >= 4 is 87.6 Å². The largest absolute Gasteiger partial charge is 0.341 e. The van der Waals surface area contributed by atoms with Gasteiger partial charge in [0.2, 0.25) is 0 Å². The molecule has 0 radical (unpaired) electrons. The van der Waals surface area contributed by atoms with Crippen LogP contribution in [0, 0.1) is 0 Å². The number of nitrogens with zero attached hydrogens (tertiary/aromatic N) is 2. The molecule has 0 fully saturated rings. The number of hydrogen-bond donors (Lipinski definition) is 0. The van der Waals surface area contributed by atoms with Crippen LogP contribution in [0.1, 0.15) is 25.0 Å². The number of fused-ring (bicyclic) bond motifs is 6. The average Bonchev–Trinajstić information content (AvgIpc) is 3.33. The molecule has 6 rings (SSSR count). The second kappa shape index (κ2) is 8.44. The summed E-state index contributed by atoms with van der Waals surface area (Å²) in [4.78, 5) is 0. The van der Waals surface area contributed by atoms with Crippen LogP contribution in [0.4, 0.5) is 0 Å². The molecular weight excluding hydrogens is 548 g/mol. The molecule has 0 saturated heterocycles. The van der Waals surface area contributed by atoms with Gasteiger partial charge in [0.05, 0.1) is 0 Å².